The van der Waals surface area contributed by atoms with Gasteiger partial charge < -0.3 is 9.84 Å². The van der Waals surface area contributed by atoms with Gasteiger partial charge in [0.2, 0.25) is 0 Å². The Labute approximate surface area is 64.9 Å². The quantitative estimate of drug-likeness (QED) is 0.696. The lowest BCUT2D eigenvalue weighted by Gasteiger charge is -2.04. The van der Waals surface area contributed by atoms with Gasteiger partial charge in [-0.1, -0.05) is 0 Å². The zero-order valence-corrected chi connectivity index (χ0v) is 6.20. The topological polar surface area (TPSA) is 49.4 Å². The van der Waals surface area contributed by atoms with Crippen LogP contribution in [0.5, 0.6) is 11.5 Å². The Morgan fingerprint density at radius 2 is 2.27 bits per heavy atom. The molecular formula is C8H9O3. The first-order valence-corrected chi connectivity index (χ1v) is 3.22. The minimum atomic E-state index is -0.112. The monoisotopic (exact) mass is 153 g/mol. The number of rotatable bonds is 2. The standard InChI is InChI=1S/C8H9O3/c1-11-8-4-7(10)3-2-6(8)5-9/h2-4,9H,5H2,1H3. The third-order valence-corrected chi connectivity index (χ3v) is 1.43. The van der Waals surface area contributed by atoms with Crippen LogP contribution >= 0.6 is 0 Å². The van der Waals surface area contributed by atoms with Gasteiger partial charge in [-0.15, -0.1) is 0 Å². The molecule has 0 bridgehead atoms. The van der Waals surface area contributed by atoms with Gasteiger partial charge in [-0.2, -0.15) is 0 Å². The summed E-state index contributed by atoms with van der Waals surface area (Å²) in [5, 5.41) is 19.5. The number of aliphatic hydroxyl groups excluding tert-OH is 1. The molecule has 0 spiro atoms. The molecule has 0 aliphatic rings. The molecule has 3 heteroatoms. The van der Waals surface area contributed by atoms with Crippen molar-refractivity contribution < 1.29 is 14.9 Å². The highest BCUT2D eigenvalue weighted by atomic mass is 16.5. The first-order chi connectivity index (χ1) is 5.27. The predicted molar refractivity (Wildman–Crippen MR) is 39.0 cm³/mol. The van der Waals surface area contributed by atoms with Gasteiger partial charge in [0.05, 0.1) is 13.7 Å². The molecule has 0 saturated heterocycles. The van der Waals surface area contributed by atoms with Crippen molar-refractivity contribution in [1.82, 2.24) is 0 Å². The second-order valence-corrected chi connectivity index (χ2v) is 2.13. The molecule has 3 nitrogen and oxygen atoms in total. The highest BCUT2D eigenvalue weighted by Crippen LogP contribution is 2.23. The van der Waals surface area contributed by atoms with E-state index in [1.807, 2.05) is 0 Å². The van der Waals surface area contributed by atoms with E-state index in [0.717, 1.165) is 0 Å². The summed E-state index contributed by atoms with van der Waals surface area (Å²) >= 11 is 0. The second kappa shape index (κ2) is 3.25. The van der Waals surface area contributed by atoms with E-state index in [2.05, 4.69) is 0 Å². The summed E-state index contributed by atoms with van der Waals surface area (Å²) in [6.45, 7) is -0.108. The molecule has 1 rings (SSSR count). The summed E-state index contributed by atoms with van der Waals surface area (Å²) in [5.41, 5.74) is 0.632. The normalized spacial score (nSPS) is 9.64. The van der Waals surface area contributed by atoms with E-state index in [1.54, 1.807) is 6.07 Å². The van der Waals surface area contributed by atoms with Gasteiger partial charge in [-0.3, -0.25) is 5.11 Å². The molecule has 1 radical (unpaired) electrons. The van der Waals surface area contributed by atoms with Crippen LogP contribution in [0.3, 0.4) is 0 Å². The van der Waals surface area contributed by atoms with Crippen molar-refractivity contribution in [3.63, 3.8) is 0 Å². The molecule has 0 aliphatic carbocycles. The van der Waals surface area contributed by atoms with Gasteiger partial charge >= 0.3 is 0 Å². The van der Waals surface area contributed by atoms with Crippen LogP contribution in [0.4, 0.5) is 0 Å². The molecule has 0 atom stereocenters. The summed E-state index contributed by atoms with van der Waals surface area (Å²) in [4.78, 5) is 0. The first kappa shape index (κ1) is 7.88. The van der Waals surface area contributed by atoms with Crippen LogP contribution in [0.1, 0.15) is 5.56 Å². The van der Waals surface area contributed by atoms with Gasteiger partial charge in [0.15, 0.2) is 5.75 Å². The maximum atomic E-state index is 10.8. The molecule has 0 aromatic heterocycles. The Morgan fingerprint density at radius 1 is 1.55 bits per heavy atom. The number of hydrogen-bond donors (Lipinski definition) is 1. The predicted octanol–water partition coefficient (Wildman–Crippen LogP) is 1.33. The first-order valence-electron chi connectivity index (χ1n) is 3.22. The molecule has 0 heterocycles. The number of ether oxygens (including phenoxy) is 1. The number of methoxy groups -OCH3 is 1. The van der Waals surface area contributed by atoms with E-state index >= 15 is 0 Å². The molecule has 0 amide bonds. The molecule has 1 aromatic rings. The van der Waals surface area contributed by atoms with Crippen LogP contribution in [0.15, 0.2) is 18.2 Å². The molecule has 0 unspecified atom stereocenters. The number of hydrogen-bond acceptors (Lipinski definition) is 2. The molecular weight excluding hydrogens is 144 g/mol. The molecule has 11 heavy (non-hydrogen) atoms. The van der Waals surface area contributed by atoms with Crippen molar-refractivity contribution in [2.45, 2.75) is 6.61 Å². The zero-order valence-electron chi connectivity index (χ0n) is 6.20. The van der Waals surface area contributed by atoms with Crippen molar-refractivity contribution >= 4 is 0 Å². The van der Waals surface area contributed by atoms with Gasteiger partial charge in [0, 0.05) is 11.6 Å². The Balaban J connectivity index is 3.06. The van der Waals surface area contributed by atoms with E-state index in [0.29, 0.717) is 11.3 Å². The number of benzene rings is 1. The third-order valence-electron chi connectivity index (χ3n) is 1.43. The summed E-state index contributed by atoms with van der Waals surface area (Å²) in [6.07, 6.45) is 0. The molecule has 1 N–H and O–H groups in total. The minimum Gasteiger partial charge on any atom is -0.496 e. The molecule has 59 valence electrons. The van der Waals surface area contributed by atoms with Crippen LogP contribution in [0.25, 0.3) is 0 Å². The van der Waals surface area contributed by atoms with Gasteiger partial charge in [-0.05, 0) is 12.1 Å². The Bertz CT molecular complexity index is 245. The Kier molecular flexibility index (Phi) is 2.33. The number of aliphatic hydroxyl groups is 1. The van der Waals surface area contributed by atoms with Gasteiger partial charge in [0.25, 0.3) is 0 Å². The lowest BCUT2D eigenvalue weighted by molar-refractivity contribution is 0.272. The molecule has 0 saturated carbocycles. The van der Waals surface area contributed by atoms with Crippen molar-refractivity contribution in [3.05, 3.63) is 23.8 Å². The highest BCUT2D eigenvalue weighted by Gasteiger charge is 2.02. The van der Waals surface area contributed by atoms with Crippen LogP contribution in [-0.4, -0.2) is 12.2 Å². The minimum absolute atomic E-state index is 0.108. The zero-order chi connectivity index (χ0) is 8.27. The van der Waals surface area contributed by atoms with Crippen LogP contribution < -0.4 is 4.74 Å². The average molecular weight is 153 g/mol. The SMILES string of the molecule is COc1cc([O])ccc1CO. The maximum absolute atomic E-state index is 10.8. The van der Waals surface area contributed by atoms with E-state index in [9.17, 15) is 5.11 Å². The van der Waals surface area contributed by atoms with Crippen LogP contribution in [0, 0.1) is 0 Å². The molecule has 0 aliphatic heterocycles. The summed E-state index contributed by atoms with van der Waals surface area (Å²) < 4.78 is 4.86. The molecule has 0 fully saturated rings. The largest absolute Gasteiger partial charge is 0.496 e. The Hall–Kier alpha value is -1.22. The second-order valence-electron chi connectivity index (χ2n) is 2.13. The summed E-state index contributed by atoms with van der Waals surface area (Å²) in [5.74, 6) is 0.332. The van der Waals surface area contributed by atoms with Crippen molar-refractivity contribution in [2.24, 2.45) is 0 Å². The van der Waals surface area contributed by atoms with Gasteiger partial charge in [0.1, 0.15) is 5.75 Å². The van der Waals surface area contributed by atoms with Crippen LogP contribution in [0.2, 0.25) is 0 Å². The fourth-order valence-electron chi connectivity index (χ4n) is 0.856. The highest BCUT2D eigenvalue weighted by molar-refractivity contribution is 5.39. The van der Waals surface area contributed by atoms with Crippen LogP contribution in [-0.2, 0) is 11.7 Å². The average Bonchev–Trinajstić information content (AvgIpc) is 2.04. The van der Waals surface area contributed by atoms with E-state index < -0.39 is 0 Å². The maximum Gasteiger partial charge on any atom is 0.182 e. The fraction of sp³-hybridized carbons (Fsp3) is 0.250. The third kappa shape index (κ3) is 1.62. The summed E-state index contributed by atoms with van der Waals surface area (Å²) in [7, 11) is 1.47. The molecule has 1 aromatic carbocycles. The Morgan fingerprint density at radius 3 is 2.82 bits per heavy atom. The van der Waals surface area contributed by atoms with E-state index in [1.165, 1.54) is 19.2 Å². The fourth-order valence-corrected chi connectivity index (χ4v) is 0.856. The van der Waals surface area contributed by atoms with Gasteiger partial charge in [-0.25, -0.2) is 0 Å². The lowest BCUT2D eigenvalue weighted by Crippen LogP contribution is -1.90. The van der Waals surface area contributed by atoms with Crippen molar-refractivity contribution in [2.75, 3.05) is 7.11 Å². The smallest absolute Gasteiger partial charge is 0.182 e. The lowest BCUT2D eigenvalue weighted by atomic mass is 10.2. The van der Waals surface area contributed by atoms with Crippen molar-refractivity contribution in [1.29, 1.82) is 0 Å². The summed E-state index contributed by atoms with van der Waals surface area (Å²) in [6, 6.07) is 4.31. The van der Waals surface area contributed by atoms with E-state index in [4.69, 9.17) is 9.84 Å². The van der Waals surface area contributed by atoms with E-state index in [-0.39, 0.29) is 12.4 Å². The van der Waals surface area contributed by atoms with Crippen molar-refractivity contribution in [3.8, 4) is 11.5 Å².